The minimum Gasteiger partial charge on any atom is -0.352 e. The van der Waals surface area contributed by atoms with Gasteiger partial charge in [0.25, 0.3) is 5.91 Å². The summed E-state index contributed by atoms with van der Waals surface area (Å²) in [4.78, 5) is 19.0. The van der Waals surface area contributed by atoms with Crippen molar-refractivity contribution in [2.75, 3.05) is 6.54 Å². The molecule has 126 valence electrons. The van der Waals surface area contributed by atoms with E-state index in [4.69, 9.17) is 4.98 Å². The highest BCUT2D eigenvalue weighted by atomic mass is 32.1. The molecule has 1 N–H and O–H groups in total. The summed E-state index contributed by atoms with van der Waals surface area (Å²) >= 11 is 1.73. The van der Waals surface area contributed by atoms with Gasteiger partial charge in [0.15, 0.2) is 0 Å². The molecular formula is C21H20N2OS. The highest BCUT2D eigenvalue weighted by Crippen LogP contribution is 2.37. The van der Waals surface area contributed by atoms with Crippen LogP contribution in [0.4, 0.5) is 0 Å². The Kier molecular flexibility index (Phi) is 4.36. The number of amides is 1. The highest BCUT2D eigenvalue weighted by molar-refractivity contribution is 7.10. The average molecular weight is 348 g/mol. The van der Waals surface area contributed by atoms with Gasteiger partial charge in [-0.2, -0.15) is 0 Å². The van der Waals surface area contributed by atoms with Crippen LogP contribution >= 0.6 is 11.3 Å². The molecule has 4 heteroatoms. The Labute approximate surface area is 151 Å². The van der Waals surface area contributed by atoms with E-state index < -0.39 is 0 Å². The summed E-state index contributed by atoms with van der Waals surface area (Å²) in [6, 6.07) is 12.1. The van der Waals surface area contributed by atoms with E-state index in [1.54, 1.807) is 11.3 Å². The zero-order valence-electron chi connectivity index (χ0n) is 14.2. The van der Waals surface area contributed by atoms with Gasteiger partial charge in [0.05, 0.1) is 16.8 Å². The fourth-order valence-corrected chi connectivity index (χ4v) is 4.09. The predicted molar refractivity (Wildman–Crippen MR) is 105 cm³/mol. The van der Waals surface area contributed by atoms with Crippen LogP contribution in [0.25, 0.3) is 22.6 Å². The largest absolute Gasteiger partial charge is 0.352 e. The minimum atomic E-state index is 0.0223. The number of nitrogens with one attached hydrogen (secondary N) is 1. The number of para-hydroxylation sites is 1. The quantitative estimate of drug-likeness (QED) is 0.727. The van der Waals surface area contributed by atoms with Crippen molar-refractivity contribution in [3.63, 3.8) is 0 Å². The van der Waals surface area contributed by atoms with Gasteiger partial charge in [0, 0.05) is 16.8 Å². The Hall–Kier alpha value is -2.46. The van der Waals surface area contributed by atoms with Crippen molar-refractivity contribution >= 4 is 39.8 Å². The van der Waals surface area contributed by atoms with E-state index in [9.17, 15) is 4.79 Å². The molecule has 3 aromatic rings. The third kappa shape index (κ3) is 2.98. The topological polar surface area (TPSA) is 42.0 Å². The molecule has 0 aliphatic heterocycles. The maximum atomic E-state index is 12.8. The molecule has 1 aliphatic carbocycles. The summed E-state index contributed by atoms with van der Waals surface area (Å²) < 4.78 is 0. The molecule has 0 unspecified atom stereocenters. The molecule has 0 bridgehead atoms. The Morgan fingerprint density at radius 1 is 1.24 bits per heavy atom. The van der Waals surface area contributed by atoms with Gasteiger partial charge >= 0.3 is 0 Å². The third-order valence-electron chi connectivity index (χ3n) is 4.56. The number of carbonyl (C=O) groups is 1. The third-order valence-corrected chi connectivity index (χ3v) is 5.38. The number of hydrogen-bond donors (Lipinski definition) is 1. The van der Waals surface area contributed by atoms with Crippen LogP contribution in [-0.4, -0.2) is 17.4 Å². The van der Waals surface area contributed by atoms with Crippen LogP contribution < -0.4 is 5.32 Å². The van der Waals surface area contributed by atoms with Crippen molar-refractivity contribution in [1.82, 2.24) is 10.3 Å². The van der Waals surface area contributed by atoms with Crippen LogP contribution in [-0.2, 0) is 6.42 Å². The van der Waals surface area contributed by atoms with Crippen LogP contribution in [0.3, 0.4) is 0 Å². The Bertz CT molecular complexity index is 957. The molecule has 0 fully saturated rings. The van der Waals surface area contributed by atoms with Crippen LogP contribution in [0.15, 0.2) is 41.8 Å². The number of pyridine rings is 1. The number of hydrogen-bond acceptors (Lipinski definition) is 3. The highest BCUT2D eigenvalue weighted by Gasteiger charge is 2.26. The summed E-state index contributed by atoms with van der Waals surface area (Å²) in [6.07, 6.45) is 4.95. The normalized spacial score (nSPS) is 14.8. The fourth-order valence-electron chi connectivity index (χ4n) is 3.41. The van der Waals surface area contributed by atoms with Crippen molar-refractivity contribution in [2.45, 2.75) is 26.2 Å². The Morgan fingerprint density at radius 2 is 2.12 bits per heavy atom. The summed E-state index contributed by atoms with van der Waals surface area (Å²) in [5.41, 5.74) is 5.02. The molecule has 3 nitrogen and oxygen atoms in total. The second-order valence-corrected chi connectivity index (χ2v) is 7.25. The van der Waals surface area contributed by atoms with Gasteiger partial charge in [-0.15, -0.1) is 11.3 Å². The smallest absolute Gasteiger partial charge is 0.252 e. The number of benzene rings is 1. The predicted octanol–water partition coefficient (Wildman–Crippen LogP) is 4.92. The van der Waals surface area contributed by atoms with Gasteiger partial charge in [-0.3, -0.25) is 4.79 Å². The zero-order valence-corrected chi connectivity index (χ0v) is 15.0. The molecule has 0 saturated heterocycles. The Balaban J connectivity index is 1.88. The van der Waals surface area contributed by atoms with E-state index in [0.29, 0.717) is 6.54 Å². The van der Waals surface area contributed by atoms with Crippen LogP contribution in [0, 0.1) is 0 Å². The zero-order chi connectivity index (χ0) is 17.2. The lowest BCUT2D eigenvalue weighted by Crippen LogP contribution is -2.25. The maximum absolute atomic E-state index is 12.8. The van der Waals surface area contributed by atoms with E-state index in [1.807, 2.05) is 24.3 Å². The molecule has 2 aromatic heterocycles. The number of carbonyl (C=O) groups excluding carboxylic acids is 1. The number of allylic oxidation sites excluding steroid dienone is 1. The molecular weight excluding hydrogens is 328 g/mol. The summed E-state index contributed by atoms with van der Waals surface area (Å²) in [5.74, 6) is 0.0223. The molecule has 4 rings (SSSR count). The van der Waals surface area contributed by atoms with Gasteiger partial charge in [0.1, 0.15) is 0 Å². The van der Waals surface area contributed by atoms with Gasteiger partial charge in [0.2, 0.25) is 0 Å². The first-order valence-corrected chi connectivity index (χ1v) is 9.60. The van der Waals surface area contributed by atoms with Gasteiger partial charge in [-0.25, -0.2) is 4.98 Å². The monoisotopic (exact) mass is 348 g/mol. The lowest BCUT2D eigenvalue weighted by atomic mass is 10.00. The number of fused-ring (bicyclic) bond motifs is 2. The van der Waals surface area contributed by atoms with Crippen molar-refractivity contribution in [3.05, 3.63) is 63.5 Å². The molecule has 25 heavy (non-hydrogen) atoms. The van der Waals surface area contributed by atoms with Crippen LogP contribution in [0.2, 0.25) is 0 Å². The second-order valence-electron chi connectivity index (χ2n) is 6.27. The van der Waals surface area contributed by atoms with Crippen LogP contribution in [0.1, 0.15) is 46.3 Å². The number of aromatic nitrogens is 1. The SMILES string of the molecule is CCCNC(=O)c1c2c(nc3ccccc13)/C(=C/c1cccs1)CC2. The molecule has 0 atom stereocenters. The van der Waals surface area contributed by atoms with Crippen molar-refractivity contribution in [1.29, 1.82) is 0 Å². The first-order valence-electron chi connectivity index (χ1n) is 8.72. The standard InChI is InChI=1S/C21H20N2OS/c1-2-11-22-21(24)19-16-7-3-4-8-18(16)23-20-14(9-10-17(19)20)13-15-6-5-12-25-15/h3-8,12-13H,2,9-11H2,1H3,(H,22,24)/b14-13+. The summed E-state index contributed by atoms with van der Waals surface area (Å²) in [7, 11) is 0. The molecule has 1 aliphatic rings. The van der Waals surface area contributed by atoms with E-state index in [2.05, 4.69) is 35.8 Å². The average Bonchev–Trinajstić information content (AvgIpc) is 3.28. The molecule has 0 radical (unpaired) electrons. The van der Waals surface area contributed by atoms with Crippen molar-refractivity contribution in [2.24, 2.45) is 0 Å². The maximum Gasteiger partial charge on any atom is 0.252 e. The minimum absolute atomic E-state index is 0.0223. The Morgan fingerprint density at radius 3 is 2.92 bits per heavy atom. The number of rotatable bonds is 4. The molecule has 0 saturated carbocycles. The van der Waals surface area contributed by atoms with E-state index in [-0.39, 0.29) is 5.91 Å². The summed E-state index contributed by atoms with van der Waals surface area (Å²) in [5, 5.41) is 6.08. The van der Waals surface area contributed by atoms with Crippen molar-refractivity contribution in [3.8, 4) is 0 Å². The second kappa shape index (κ2) is 6.81. The van der Waals surface area contributed by atoms with E-state index in [1.165, 1.54) is 10.5 Å². The molecule has 0 spiro atoms. The molecule has 1 aromatic carbocycles. The molecule has 1 amide bonds. The first kappa shape index (κ1) is 16.0. The van der Waals surface area contributed by atoms with Crippen LogP contribution in [0.5, 0.6) is 0 Å². The molecule has 2 heterocycles. The van der Waals surface area contributed by atoms with E-state index in [0.717, 1.165) is 47.0 Å². The lowest BCUT2D eigenvalue weighted by Gasteiger charge is -2.12. The first-order chi connectivity index (χ1) is 12.3. The van der Waals surface area contributed by atoms with Gasteiger partial charge in [-0.05, 0) is 54.0 Å². The van der Waals surface area contributed by atoms with Gasteiger partial charge < -0.3 is 5.32 Å². The fraction of sp³-hybridized carbons (Fsp3) is 0.238. The van der Waals surface area contributed by atoms with E-state index >= 15 is 0 Å². The lowest BCUT2D eigenvalue weighted by molar-refractivity contribution is 0.0954. The van der Waals surface area contributed by atoms with Crippen molar-refractivity contribution < 1.29 is 4.79 Å². The van der Waals surface area contributed by atoms with Gasteiger partial charge in [-0.1, -0.05) is 31.2 Å². The number of thiophene rings is 1. The summed E-state index contributed by atoms with van der Waals surface area (Å²) in [6.45, 7) is 2.76. The number of nitrogens with zero attached hydrogens (tertiary/aromatic N) is 1.